The van der Waals surface area contributed by atoms with Crippen molar-refractivity contribution in [2.45, 2.75) is 30.5 Å². The fourth-order valence-electron chi connectivity index (χ4n) is 4.69. The Balaban J connectivity index is 1.33. The highest BCUT2D eigenvalue weighted by atomic mass is 35.5. The average molecular weight is 451 g/mol. The van der Waals surface area contributed by atoms with Crippen LogP contribution in [0, 0.1) is 0 Å². The highest BCUT2D eigenvalue weighted by molar-refractivity contribution is 6.30. The van der Waals surface area contributed by atoms with E-state index in [0.717, 1.165) is 16.7 Å². The number of fused-ring (bicyclic) bond motifs is 5. The molecular formula is C25H17ClF2N2O2. The van der Waals surface area contributed by atoms with Crippen LogP contribution < -0.4 is 0 Å². The fourth-order valence-corrected chi connectivity index (χ4v) is 4.82. The van der Waals surface area contributed by atoms with Crippen molar-refractivity contribution in [1.82, 2.24) is 10.2 Å². The quantitative estimate of drug-likeness (QED) is 0.355. The summed E-state index contributed by atoms with van der Waals surface area (Å²) in [5, 5.41) is 8.79. The van der Waals surface area contributed by atoms with Crippen LogP contribution in [-0.2, 0) is 11.3 Å². The number of halogens is 3. The van der Waals surface area contributed by atoms with E-state index in [1.807, 2.05) is 24.3 Å². The molecule has 3 aromatic carbocycles. The number of nitrogens with zero attached hydrogens (tertiary/aromatic N) is 2. The minimum absolute atomic E-state index is 0.0552. The molecule has 0 aliphatic heterocycles. The lowest BCUT2D eigenvalue weighted by atomic mass is 9.94. The summed E-state index contributed by atoms with van der Waals surface area (Å²) in [4.78, 5) is 0. The summed E-state index contributed by atoms with van der Waals surface area (Å²) in [7, 11) is 0. The van der Waals surface area contributed by atoms with Gasteiger partial charge in [-0.15, -0.1) is 10.2 Å². The Bertz CT molecular complexity index is 1250. The van der Waals surface area contributed by atoms with Crippen molar-refractivity contribution in [3.63, 3.8) is 0 Å². The Kier molecular flexibility index (Phi) is 4.42. The molecule has 0 radical (unpaired) electrons. The number of hydrogen-bond donors (Lipinski definition) is 0. The van der Waals surface area contributed by atoms with E-state index in [1.54, 1.807) is 48.5 Å². The molecule has 4 nitrogen and oxygen atoms in total. The second-order valence-electron chi connectivity index (χ2n) is 8.09. The Morgan fingerprint density at radius 2 is 1.38 bits per heavy atom. The third-order valence-corrected chi connectivity index (χ3v) is 6.46. The SMILES string of the molecule is FC1(F)C2c3ccccc3C(OCc3nnc(-c4ccc(Cl)cc4)o3)c3ccccc3C21. The number of aromatic nitrogens is 2. The van der Waals surface area contributed by atoms with Gasteiger partial charge in [-0.25, -0.2) is 8.78 Å². The van der Waals surface area contributed by atoms with Crippen LogP contribution in [0.15, 0.2) is 77.2 Å². The standard InChI is InChI=1S/C25H17ClF2N2O2/c26-15-11-9-14(10-12-15)24-30-29-20(32-24)13-31-23-18-7-3-1-5-16(18)21-22(25(21,27)28)17-6-2-4-8-19(17)23/h1-12,21-23H,13H2. The summed E-state index contributed by atoms with van der Waals surface area (Å²) in [6, 6.07) is 21.7. The van der Waals surface area contributed by atoms with Crippen LogP contribution >= 0.6 is 11.6 Å². The molecule has 1 fully saturated rings. The topological polar surface area (TPSA) is 48.2 Å². The molecule has 1 saturated carbocycles. The molecule has 2 unspecified atom stereocenters. The van der Waals surface area contributed by atoms with Crippen LogP contribution in [0.4, 0.5) is 8.78 Å². The molecule has 2 atom stereocenters. The summed E-state index contributed by atoms with van der Waals surface area (Å²) in [5.41, 5.74) is 3.52. The number of hydrogen-bond acceptors (Lipinski definition) is 4. The molecule has 0 saturated heterocycles. The monoisotopic (exact) mass is 450 g/mol. The molecule has 6 rings (SSSR count). The van der Waals surface area contributed by atoms with Gasteiger partial charge in [-0.1, -0.05) is 60.1 Å². The van der Waals surface area contributed by atoms with E-state index < -0.39 is 23.9 Å². The summed E-state index contributed by atoms with van der Waals surface area (Å²) < 4.78 is 41.5. The molecule has 4 aromatic rings. The number of benzene rings is 3. The molecule has 160 valence electrons. The van der Waals surface area contributed by atoms with Gasteiger partial charge in [-0.2, -0.15) is 0 Å². The lowest BCUT2D eigenvalue weighted by Crippen LogP contribution is -2.12. The van der Waals surface area contributed by atoms with Crippen molar-refractivity contribution >= 4 is 11.6 Å². The van der Waals surface area contributed by atoms with Gasteiger partial charge in [0.05, 0.1) is 11.8 Å². The number of ether oxygens (including phenoxy) is 1. The first-order valence-electron chi connectivity index (χ1n) is 10.3. The van der Waals surface area contributed by atoms with E-state index in [4.69, 9.17) is 20.8 Å². The first kappa shape index (κ1) is 19.6. The van der Waals surface area contributed by atoms with E-state index in [2.05, 4.69) is 10.2 Å². The van der Waals surface area contributed by atoms with Gasteiger partial charge >= 0.3 is 0 Å². The highest BCUT2D eigenvalue weighted by Crippen LogP contribution is 2.70. The van der Waals surface area contributed by atoms with Gasteiger partial charge in [0.1, 0.15) is 12.7 Å². The predicted molar refractivity (Wildman–Crippen MR) is 115 cm³/mol. The minimum atomic E-state index is -2.75. The molecule has 2 aliphatic rings. The highest BCUT2D eigenvalue weighted by Gasteiger charge is 2.71. The Hall–Kier alpha value is -3.09. The molecule has 1 aromatic heterocycles. The zero-order chi connectivity index (χ0) is 21.9. The first-order valence-corrected chi connectivity index (χ1v) is 10.7. The van der Waals surface area contributed by atoms with Crippen LogP contribution in [0.1, 0.15) is 46.1 Å². The van der Waals surface area contributed by atoms with Crippen LogP contribution in [0.5, 0.6) is 0 Å². The maximum absolute atomic E-state index is 14.7. The van der Waals surface area contributed by atoms with Gasteiger partial charge in [-0.05, 0) is 46.5 Å². The fraction of sp³-hybridized carbons (Fsp3) is 0.200. The second kappa shape index (κ2) is 7.22. The van der Waals surface area contributed by atoms with Crippen LogP contribution in [0.25, 0.3) is 11.5 Å². The van der Waals surface area contributed by atoms with Crippen LogP contribution in [0.3, 0.4) is 0 Å². The van der Waals surface area contributed by atoms with Gasteiger partial charge in [0.25, 0.3) is 5.92 Å². The third-order valence-electron chi connectivity index (χ3n) is 6.21. The van der Waals surface area contributed by atoms with E-state index in [1.165, 1.54) is 0 Å². The minimum Gasteiger partial charge on any atom is -0.418 e. The molecule has 32 heavy (non-hydrogen) atoms. The van der Waals surface area contributed by atoms with Crippen molar-refractivity contribution in [1.29, 1.82) is 0 Å². The average Bonchev–Trinajstić information content (AvgIpc) is 3.12. The van der Waals surface area contributed by atoms with E-state index >= 15 is 0 Å². The molecule has 0 bridgehead atoms. The summed E-state index contributed by atoms with van der Waals surface area (Å²) >= 11 is 5.93. The predicted octanol–water partition coefficient (Wildman–Crippen LogP) is 6.53. The van der Waals surface area contributed by atoms with Crippen molar-refractivity contribution in [2.75, 3.05) is 0 Å². The van der Waals surface area contributed by atoms with E-state index in [0.29, 0.717) is 27.9 Å². The summed E-state index contributed by atoms with van der Waals surface area (Å²) in [6.45, 7) is 0.0552. The van der Waals surface area contributed by atoms with Crippen LogP contribution in [-0.4, -0.2) is 16.1 Å². The Morgan fingerprint density at radius 3 is 1.97 bits per heavy atom. The van der Waals surface area contributed by atoms with Gasteiger partial charge in [0.2, 0.25) is 11.8 Å². The molecule has 0 spiro atoms. The maximum Gasteiger partial charge on any atom is 0.263 e. The number of rotatable bonds is 4. The van der Waals surface area contributed by atoms with Gasteiger partial charge < -0.3 is 9.15 Å². The van der Waals surface area contributed by atoms with Gasteiger partial charge in [-0.3, -0.25) is 0 Å². The lowest BCUT2D eigenvalue weighted by molar-refractivity contribution is 0.0498. The van der Waals surface area contributed by atoms with E-state index in [-0.39, 0.29) is 6.61 Å². The molecule has 1 heterocycles. The lowest BCUT2D eigenvalue weighted by Gasteiger charge is -2.22. The smallest absolute Gasteiger partial charge is 0.263 e. The normalized spacial score (nSPS) is 22.4. The zero-order valence-electron chi connectivity index (χ0n) is 16.7. The Labute approximate surface area is 187 Å². The van der Waals surface area contributed by atoms with Crippen molar-refractivity contribution < 1.29 is 17.9 Å². The third kappa shape index (κ3) is 3.05. The Morgan fingerprint density at radius 1 is 0.812 bits per heavy atom. The van der Waals surface area contributed by atoms with Gasteiger partial charge in [0, 0.05) is 10.6 Å². The zero-order valence-corrected chi connectivity index (χ0v) is 17.5. The van der Waals surface area contributed by atoms with Crippen molar-refractivity contribution in [2.24, 2.45) is 0 Å². The molecule has 0 amide bonds. The number of alkyl halides is 2. The van der Waals surface area contributed by atoms with Gasteiger partial charge in [0.15, 0.2) is 0 Å². The molecule has 0 N–H and O–H groups in total. The maximum atomic E-state index is 14.7. The molecule has 2 aliphatic carbocycles. The van der Waals surface area contributed by atoms with E-state index in [9.17, 15) is 8.78 Å². The van der Waals surface area contributed by atoms with Crippen molar-refractivity contribution in [3.05, 3.63) is 106 Å². The summed E-state index contributed by atoms with van der Waals surface area (Å²) in [5.74, 6) is -3.73. The summed E-state index contributed by atoms with van der Waals surface area (Å²) in [6.07, 6.45) is -0.503. The first-order chi connectivity index (χ1) is 15.5. The van der Waals surface area contributed by atoms with Crippen molar-refractivity contribution in [3.8, 4) is 11.5 Å². The molecule has 7 heteroatoms. The largest absolute Gasteiger partial charge is 0.418 e. The second-order valence-corrected chi connectivity index (χ2v) is 8.52. The molecular weight excluding hydrogens is 434 g/mol. The van der Waals surface area contributed by atoms with Crippen LogP contribution in [0.2, 0.25) is 5.02 Å².